The molecule has 0 atom stereocenters. The summed E-state index contributed by atoms with van der Waals surface area (Å²) in [5.74, 6) is 0.654. The third-order valence-electron chi connectivity index (χ3n) is 6.51. The van der Waals surface area contributed by atoms with Crippen LogP contribution in [-0.2, 0) is 11.2 Å². The van der Waals surface area contributed by atoms with E-state index < -0.39 is 5.97 Å². The van der Waals surface area contributed by atoms with Gasteiger partial charge in [0.2, 0.25) is 5.91 Å². The van der Waals surface area contributed by atoms with Crippen molar-refractivity contribution in [2.24, 2.45) is 0 Å². The number of amides is 3. The largest absolute Gasteiger partial charge is 0.490 e. The Bertz CT molecular complexity index is 1300. The van der Waals surface area contributed by atoms with Gasteiger partial charge in [-0.3, -0.25) is 4.79 Å². The number of benzene rings is 3. The molecule has 3 aromatic carbocycles. The standard InChI is InChI=1S/C31H35N3O6/c1-20(2)32-31(38)33-22-9-13-24(14-10-22)40-26-17-15-25(16-18-26)39-23-11-7-21(8-12-23)19-29(35)34-28-6-4-3-5-27(28)30(36)37/h3-8,11-12,15-18,20,22,24H,9-10,13-14,19H2,1-2H3,(H,34,35)(H,36,37)(H2,32,33,38). The van der Waals surface area contributed by atoms with Crippen molar-refractivity contribution in [2.45, 2.75) is 64.1 Å². The van der Waals surface area contributed by atoms with Crippen LogP contribution >= 0.6 is 0 Å². The van der Waals surface area contributed by atoms with Gasteiger partial charge >= 0.3 is 12.0 Å². The van der Waals surface area contributed by atoms with Crippen LogP contribution in [0.5, 0.6) is 17.2 Å². The van der Waals surface area contributed by atoms with E-state index in [1.165, 1.54) is 6.07 Å². The van der Waals surface area contributed by atoms with Gasteiger partial charge < -0.3 is 30.5 Å². The first-order valence-electron chi connectivity index (χ1n) is 13.5. The van der Waals surface area contributed by atoms with E-state index in [1.54, 1.807) is 42.5 Å². The Balaban J connectivity index is 1.22. The fraction of sp³-hybridized carbons (Fsp3) is 0.323. The maximum absolute atomic E-state index is 12.4. The molecular weight excluding hydrogens is 510 g/mol. The Hall–Kier alpha value is -4.53. The molecule has 0 spiro atoms. The molecule has 4 rings (SSSR count). The Kier molecular flexibility index (Phi) is 9.62. The molecule has 4 N–H and O–H groups in total. The van der Waals surface area contributed by atoms with Gasteiger partial charge in [-0.15, -0.1) is 0 Å². The van der Waals surface area contributed by atoms with E-state index in [9.17, 15) is 19.5 Å². The molecule has 3 amide bonds. The van der Waals surface area contributed by atoms with Crippen LogP contribution in [0.2, 0.25) is 0 Å². The molecule has 1 aliphatic rings. The Labute approximate surface area is 233 Å². The van der Waals surface area contributed by atoms with E-state index in [0.717, 1.165) is 37.0 Å². The van der Waals surface area contributed by atoms with E-state index in [-0.39, 0.29) is 47.8 Å². The highest BCUT2D eigenvalue weighted by molar-refractivity contribution is 6.01. The summed E-state index contributed by atoms with van der Waals surface area (Å²) in [6.07, 6.45) is 3.72. The number of carboxylic acids is 1. The summed E-state index contributed by atoms with van der Waals surface area (Å²) in [4.78, 5) is 35.7. The van der Waals surface area contributed by atoms with Crippen molar-refractivity contribution in [3.05, 3.63) is 83.9 Å². The molecule has 0 heterocycles. The van der Waals surface area contributed by atoms with E-state index in [0.29, 0.717) is 11.5 Å². The molecular formula is C31H35N3O6. The summed E-state index contributed by atoms with van der Waals surface area (Å²) in [5.41, 5.74) is 1.08. The van der Waals surface area contributed by atoms with Crippen molar-refractivity contribution in [1.82, 2.24) is 10.6 Å². The van der Waals surface area contributed by atoms with E-state index in [1.807, 2.05) is 38.1 Å². The highest BCUT2D eigenvalue weighted by Gasteiger charge is 2.23. The summed E-state index contributed by atoms with van der Waals surface area (Å²) in [6.45, 7) is 3.88. The molecule has 0 aliphatic heterocycles. The zero-order valence-electron chi connectivity index (χ0n) is 22.7. The van der Waals surface area contributed by atoms with Gasteiger partial charge in [0.25, 0.3) is 0 Å². The maximum Gasteiger partial charge on any atom is 0.337 e. The maximum atomic E-state index is 12.4. The first-order chi connectivity index (χ1) is 19.2. The minimum Gasteiger partial charge on any atom is -0.490 e. The summed E-state index contributed by atoms with van der Waals surface area (Å²) in [7, 11) is 0. The van der Waals surface area contributed by atoms with Gasteiger partial charge in [0.15, 0.2) is 0 Å². The molecule has 9 nitrogen and oxygen atoms in total. The van der Waals surface area contributed by atoms with Crippen LogP contribution in [0.4, 0.5) is 10.5 Å². The summed E-state index contributed by atoms with van der Waals surface area (Å²) < 4.78 is 12.1. The average molecular weight is 546 g/mol. The van der Waals surface area contributed by atoms with Crippen LogP contribution in [-0.4, -0.2) is 41.2 Å². The number of urea groups is 1. The van der Waals surface area contributed by atoms with Crippen molar-refractivity contribution in [2.75, 3.05) is 5.32 Å². The number of ether oxygens (including phenoxy) is 2. The van der Waals surface area contributed by atoms with Gasteiger partial charge in [-0.05, 0) is 93.6 Å². The van der Waals surface area contributed by atoms with Crippen LogP contribution in [0.15, 0.2) is 72.8 Å². The first-order valence-corrected chi connectivity index (χ1v) is 13.5. The zero-order valence-corrected chi connectivity index (χ0v) is 22.7. The fourth-order valence-corrected chi connectivity index (χ4v) is 4.56. The van der Waals surface area contributed by atoms with Gasteiger partial charge in [-0.2, -0.15) is 0 Å². The van der Waals surface area contributed by atoms with Crippen LogP contribution in [0, 0.1) is 0 Å². The molecule has 0 unspecified atom stereocenters. The molecule has 1 fully saturated rings. The molecule has 40 heavy (non-hydrogen) atoms. The lowest BCUT2D eigenvalue weighted by molar-refractivity contribution is -0.115. The fourth-order valence-electron chi connectivity index (χ4n) is 4.56. The predicted molar refractivity (Wildman–Crippen MR) is 152 cm³/mol. The highest BCUT2D eigenvalue weighted by atomic mass is 16.5. The van der Waals surface area contributed by atoms with E-state index in [2.05, 4.69) is 16.0 Å². The topological polar surface area (TPSA) is 126 Å². The van der Waals surface area contributed by atoms with E-state index in [4.69, 9.17) is 9.47 Å². The van der Waals surface area contributed by atoms with Crippen LogP contribution in [0.25, 0.3) is 0 Å². The number of hydrogen-bond acceptors (Lipinski definition) is 5. The first kappa shape index (κ1) is 28.5. The van der Waals surface area contributed by atoms with E-state index >= 15 is 0 Å². The third-order valence-corrected chi connectivity index (χ3v) is 6.51. The number of nitrogens with one attached hydrogen (secondary N) is 3. The summed E-state index contributed by atoms with van der Waals surface area (Å²) in [6, 6.07) is 21.1. The second-order valence-corrected chi connectivity index (χ2v) is 10.2. The van der Waals surface area contributed by atoms with Crippen LogP contribution in [0.1, 0.15) is 55.5 Å². The van der Waals surface area contributed by atoms with Gasteiger partial charge in [0, 0.05) is 12.1 Å². The van der Waals surface area contributed by atoms with Crippen molar-refractivity contribution >= 4 is 23.6 Å². The third kappa shape index (κ3) is 8.49. The van der Waals surface area contributed by atoms with Crippen molar-refractivity contribution in [3.8, 4) is 17.2 Å². The summed E-state index contributed by atoms with van der Waals surface area (Å²) in [5, 5.41) is 17.8. The highest BCUT2D eigenvalue weighted by Crippen LogP contribution is 2.28. The lowest BCUT2D eigenvalue weighted by atomic mass is 9.93. The molecule has 210 valence electrons. The van der Waals surface area contributed by atoms with Crippen LogP contribution in [0.3, 0.4) is 0 Å². The Morgan fingerprint density at radius 2 is 1.45 bits per heavy atom. The number of carboxylic acid groups (broad SMARTS) is 1. The van der Waals surface area contributed by atoms with Crippen LogP contribution < -0.4 is 25.4 Å². The molecule has 3 aromatic rings. The SMILES string of the molecule is CC(C)NC(=O)NC1CCC(Oc2ccc(Oc3ccc(CC(=O)Nc4ccccc4C(=O)O)cc3)cc2)CC1. The lowest BCUT2D eigenvalue weighted by Gasteiger charge is -2.29. The molecule has 1 saturated carbocycles. The van der Waals surface area contributed by atoms with Gasteiger partial charge in [0.05, 0.1) is 23.8 Å². The van der Waals surface area contributed by atoms with Crippen molar-refractivity contribution < 1.29 is 29.0 Å². The molecule has 0 radical (unpaired) electrons. The smallest absolute Gasteiger partial charge is 0.337 e. The number of hydrogen-bond donors (Lipinski definition) is 4. The molecule has 9 heteroatoms. The average Bonchev–Trinajstić information content (AvgIpc) is 2.92. The van der Waals surface area contributed by atoms with Crippen molar-refractivity contribution in [1.29, 1.82) is 0 Å². The lowest BCUT2D eigenvalue weighted by Crippen LogP contribution is -2.46. The number of anilines is 1. The number of rotatable bonds is 10. The second kappa shape index (κ2) is 13.5. The molecule has 0 bridgehead atoms. The second-order valence-electron chi connectivity index (χ2n) is 10.2. The Morgan fingerprint density at radius 1 is 0.850 bits per heavy atom. The van der Waals surface area contributed by atoms with Gasteiger partial charge in [-0.25, -0.2) is 9.59 Å². The van der Waals surface area contributed by atoms with Gasteiger partial charge in [0.1, 0.15) is 17.2 Å². The number of para-hydroxylation sites is 1. The predicted octanol–water partition coefficient (Wildman–Crippen LogP) is 5.76. The number of carbonyl (C=O) groups excluding carboxylic acids is 2. The zero-order chi connectivity index (χ0) is 28.5. The monoisotopic (exact) mass is 545 g/mol. The minimum atomic E-state index is -1.10. The quantitative estimate of drug-likeness (QED) is 0.257. The number of aromatic carboxylic acids is 1. The summed E-state index contributed by atoms with van der Waals surface area (Å²) >= 11 is 0. The Morgan fingerprint density at radius 3 is 2.08 bits per heavy atom. The minimum absolute atomic E-state index is 0.0451. The van der Waals surface area contributed by atoms with Crippen molar-refractivity contribution in [3.63, 3.8) is 0 Å². The molecule has 1 aliphatic carbocycles. The van der Waals surface area contributed by atoms with Gasteiger partial charge in [-0.1, -0.05) is 24.3 Å². The molecule has 0 saturated heterocycles. The molecule has 0 aromatic heterocycles. The normalized spacial score (nSPS) is 16.6. The number of carbonyl (C=O) groups is 3.